The first-order valence-electron chi connectivity index (χ1n) is 10.9. The number of aryl methyl sites for hydroxylation is 1. The lowest BCUT2D eigenvalue weighted by molar-refractivity contribution is 0.100. The number of piperazine rings is 1. The zero-order chi connectivity index (χ0) is 23.8. The summed E-state index contributed by atoms with van der Waals surface area (Å²) in [5.41, 5.74) is 11.6. The number of halogens is 2. The summed E-state index contributed by atoms with van der Waals surface area (Å²) in [5, 5.41) is 7.53. The van der Waals surface area contributed by atoms with Gasteiger partial charge in [-0.05, 0) is 72.1 Å². The molecule has 1 aliphatic heterocycles. The number of hydrogen-bond acceptors (Lipinski definition) is 4. The Labute approximate surface area is 208 Å². The zero-order valence-electron chi connectivity index (χ0n) is 19.0. The molecule has 0 unspecified atom stereocenters. The molecule has 0 saturated carbocycles. The Balaban J connectivity index is 1.77. The predicted octanol–water partition coefficient (Wildman–Crippen LogP) is 6.11. The van der Waals surface area contributed by atoms with Crippen molar-refractivity contribution >= 4 is 50.5 Å². The molecule has 0 radical (unpaired) electrons. The second kappa shape index (κ2) is 9.37. The van der Waals surface area contributed by atoms with E-state index in [1.807, 2.05) is 37.3 Å². The van der Waals surface area contributed by atoms with Crippen molar-refractivity contribution in [3.8, 4) is 11.1 Å². The molecule has 3 aromatic carbocycles. The van der Waals surface area contributed by atoms with Gasteiger partial charge >= 0.3 is 0 Å². The third-order valence-electron chi connectivity index (χ3n) is 5.97. The molecule has 1 heterocycles. The number of amides is 1. The molecule has 0 atom stereocenters. The first-order chi connectivity index (χ1) is 15.7. The Morgan fingerprint density at radius 3 is 2.58 bits per heavy atom. The zero-order valence-corrected chi connectivity index (χ0v) is 21.3. The molecule has 172 valence electrons. The van der Waals surface area contributed by atoms with Gasteiger partial charge in [-0.25, -0.2) is 0 Å². The number of anilines is 3. The summed E-state index contributed by atoms with van der Waals surface area (Å²) in [6, 6.07) is 17.6. The van der Waals surface area contributed by atoms with Crippen LogP contribution < -0.4 is 21.3 Å². The molecular formula is C26H28BrClN4O. The first-order valence-corrected chi connectivity index (χ1v) is 12.1. The highest BCUT2D eigenvalue weighted by Crippen LogP contribution is 2.39. The van der Waals surface area contributed by atoms with Crippen LogP contribution in [0.4, 0.5) is 17.1 Å². The highest BCUT2D eigenvalue weighted by molar-refractivity contribution is 9.10. The van der Waals surface area contributed by atoms with Crippen LogP contribution in [0.2, 0.25) is 5.02 Å². The Kier molecular flexibility index (Phi) is 6.71. The molecule has 1 amide bonds. The molecule has 1 fully saturated rings. The fraction of sp³-hybridized carbons (Fsp3) is 0.269. The number of para-hydroxylation sites is 2. The van der Waals surface area contributed by atoms with E-state index in [4.69, 9.17) is 17.3 Å². The molecule has 0 aromatic heterocycles. The van der Waals surface area contributed by atoms with Crippen LogP contribution in [0.15, 0.2) is 59.1 Å². The van der Waals surface area contributed by atoms with Crippen LogP contribution in [-0.4, -0.2) is 31.1 Å². The van der Waals surface area contributed by atoms with E-state index in [1.165, 1.54) is 0 Å². The van der Waals surface area contributed by atoms with Gasteiger partial charge in [0.2, 0.25) is 0 Å². The molecule has 0 spiro atoms. The Morgan fingerprint density at radius 2 is 1.91 bits per heavy atom. The number of benzene rings is 3. The second-order valence-corrected chi connectivity index (χ2v) is 10.3. The van der Waals surface area contributed by atoms with Crippen molar-refractivity contribution in [3.63, 3.8) is 0 Å². The second-order valence-electron chi connectivity index (χ2n) is 9.05. The van der Waals surface area contributed by atoms with Crippen LogP contribution in [0.1, 0.15) is 29.8 Å². The van der Waals surface area contributed by atoms with Crippen LogP contribution >= 0.6 is 27.5 Å². The number of nitrogens with zero attached hydrogens (tertiary/aromatic N) is 1. The fourth-order valence-corrected chi connectivity index (χ4v) is 5.22. The number of carbonyl (C=O) groups excluding carboxylic acids is 1. The average molecular weight is 528 g/mol. The van der Waals surface area contributed by atoms with Gasteiger partial charge < -0.3 is 21.3 Å². The normalized spacial score (nSPS) is 15.4. The number of nitrogens with one attached hydrogen (secondary N) is 2. The van der Waals surface area contributed by atoms with E-state index in [1.54, 1.807) is 6.07 Å². The van der Waals surface area contributed by atoms with Crippen LogP contribution in [0.5, 0.6) is 0 Å². The topological polar surface area (TPSA) is 70.4 Å². The van der Waals surface area contributed by atoms with Gasteiger partial charge in [0, 0.05) is 35.2 Å². The summed E-state index contributed by atoms with van der Waals surface area (Å²) in [7, 11) is 0. The third kappa shape index (κ3) is 5.03. The predicted molar refractivity (Wildman–Crippen MR) is 142 cm³/mol. The summed E-state index contributed by atoms with van der Waals surface area (Å²) in [6.45, 7) is 9.20. The molecule has 3 aromatic rings. The number of primary amides is 1. The summed E-state index contributed by atoms with van der Waals surface area (Å²) >= 11 is 10.3. The maximum atomic E-state index is 12.3. The minimum atomic E-state index is -0.497. The molecule has 0 bridgehead atoms. The lowest BCUT2D eigenvalue weighted by Crippen LogP contribution is -2.57. The highest BCUT2D eigenvalue weighted by atomic mass is 79.9. The summed E-state index contributed by atoms with van der Waals surface area (Å²) in [4.78, 5) is 14.7. The van der Waals surface area contributed by atoms with Gasteiger partial charge in [0.1, 0.15) is 0 Å². The van der Waals surface area contributed by atoms with Gasteiger partial charge in [0.25, 0.3) is 5.91 Å². The Morgan fingerprint density at radius 1 is 1.15 bits per heavy atom. The molecule has 1 saturated heterocycles. The minimum absolute atomic E-state index is 0.0517. The van der Waals surface area contributed by atoms with Crippen LogP contribution in [0, 0.1) is 6.92 Å². The molecule has 5 nitrogen and oxygen atoms in total. The maximum absolute atomic E-state index is 12.3. The van der Waals surface area contributed by atoms with E-state index in [-0.39, 0.29) is 5.54 Å². The van der Waals surface area contributed by atoms with Gasteiger partial charge in [-0.15, -0.1) is 0 Å². The molecule has 33 heavy (non-hydrogen) atoms. The van der Waals surface area contributed by atoms with Gasteiger partial charge in [-0.2, -0.15) is 0 Å². The number of rotatable bonds is 5. The van der Waals surface area contributed by atoms with Crippen molar-refractivity contribution < 1.29 is 4.79 Å². The maximum Gasteiger partial charge on any atom is 0.250 e. The molecule has 1 aliphatic rings. The highest BCUT2D eigenvalue weighted by Gasteiger charge is 2.27. The largest absolute Gasteiger partial charge is 0.368 e. The van der Waals surface area contributed by atoms with Crippen molar-refractivity contribution in [2.75, 3.05) is 29.9 Å². The number of carbonyl (C=O) groups is 1. The van der Waals surface area contributed by atoms with Crippen molar-refractivity contribution in [1.29, 1.82) is 0 Å². The summed E-state index contributed by atoms with van der Waals surface area (Å²) in [5.74, 6) is -0.497. The quantitative estimate of drug-likeness (QED) is 0.374. The fourth-order valence-electron chi connectivity index (χ4n) is 4.33. The van der Waals surface area contributed by atoms with Crippen LogP contribution in [0.25, 0.3) is 11.1 Å². The third-order valence-corrected chi connectivity index (χ3v) is 6.92. The monoisotopic (exact) mass is 526 g/mol. The number of hydrogen-bond donors (Lipinski definition) is 3. The first kappa shape index (κ1) is 23.6. The minimum Gasteiger partial charge on any atom is -0.368 e. The van der Waals surface area contributed by atoms with Gasteiger partial charge in [0.15, 0.2) is 0 Å². The summed E-state index contributed by atoms with van der Waals surface area (Å²) < 4.78 is 1.00. The van der Waals surface area contributed by atoms with E-state index in [0.717, 1.165) is 52.2 Å². The lowest BCUT2D eigenvalue weighted by Gasteiger charge is -2.40. The van der Waals surface area contributed by atoms with E-state index in [2.05, 4.69) is 63.5 Å². The van der Waals surface area contributed by atoms with E-state index >= 15 is 0 Å². The standard InChI is InChI=1S/C26H28BrClN4O/c1-16-6-4-9-21(28)23(16)31-24-18(7-5-8-19(24)25(29)33)17-10-11-22(20(27)14-17)32-13-12-30-26(2,3)15-32/h4-11,14,30-31H,12-13,15H2,1-3H3,(H2,29,33). The molecule has 7 heteroatoms. The van der Waals surface area contributed by atoms with Crippen LogP contribution in [0.3, 0.4) is 0 Å². The number of nitrogens with two attached hydrogens (primary N) is 1. The van der Waals surface area contributed by atoms with E-state index in [0.29, 0.717) is 16.3 Å². The molecule has 4 N–H and O–H groups in total. The van der Waals surface area contributed by atoms with Crippen molar-refractivity contribution in [1.82, 2.24) is 5.32 Å². The molecule has 0 aliphatic carbocycles. The lowest BCUT2D eigenvalue weighted by atomic mass is 9.97. The van der Waals surface area contributed by atoms with Crippen LogP contribution in [-0.2, 0) is 0 Å². The SMILES string of the molecule is Cc1cccc(Cl)c1Nc1c(C(N)=O)cccc1-c1ccc(N2CCNC(C)(C)C2)c(Br)c1. The Hall–Kier alpha value is -2.54. The molecular weight excluding hydrogens is 500 g/mol. The van der Waals surface area contributed by atoms with Crippen molar-refractivity contribution in [2.24, 2.45) is 5.73 Å². The molecule has 4 rings (SSSR count). The van der Waals surface area contributed by atoms with Gasteiger partial charge in [0.05, 0.1) is 27.6 Å². The van der Waals surface area contributed by atoms with Gasteiger partial charge in [-0.3, -0.25) is 4.79 Å². The van der Waals surface area contributed by atoms with E-state index in [9.17, 15) is 4.79 Å². The van der Waals surface area contributed by atoms with Crippen molar-refractivity contribution in [2.45, 2.75) is 26.3 Å². The van der Waals surface area contributed by atoms with Gasteiger partial charge in [-0.1, -0.05) is 41.9 Å². The average Bonchev–Trinajstić information content (AvgIpc) is 2.75. The summed E-state index contributed by atoms with van der Waals surface area (Å²) in [6.07, 6.45) is 0. The Bertz CT molecular complexity index is 1190. The smallest absolute Gasteiger partial charge is 0.250 e. The van der Waals surface area contributed by atoms with Crippen molar-refractivity contribution in [3.05, 3.63) is 75.2 Å². The van der Waals surface area contributed by atoms with E-state index < -0.39 is 5.91 Å².